The smallest absolute Gasteiger partial charge is 0.159 e. The van der Waals surface area contributed by atoms with E-state index in [0.717, 1.165) is 77.8 Å². The van der Waals surface area contributed by atoms with Crippen LogP contribution in [0.15, 0.2) is 152 Å². The Morgan fingerprint density at radius 2 is 0.873 bits per heavy atom. The van der Waals surface area contributed by atoms with Crippen LogP contribution in [-0.4, -0.2) is 29.1 Å². The molecule has 0 aliphatic heterocycles. The predicted molar refractivity (Wildman–Crippen MR) is 219 cm³/mol. The second-order valence-electron chi connectivity index (χ2n) is 13.7. The summed E-state index contributed by atoms with van der Waals surface area (Å²) in [6, 6.07) is 46.9. The van der Waals surface area contributed by atoms with Gasteiger partial charge in [-0.2, -0.15) is 0 Å². The minimum absolute atomic E-state index is 0.593. The zero-order valence-corrected chi connectivity index (χ0v) is 30.4. The lowest BCUT2D eigenvalue weighted by Crippen LogP contribution is -2.00. The molecule has 0 saturated heterocycles. The molecule has 264 valence electrons. The molecule has 0 atom stereocenters. The van der Waals surface area contributed by atoms with Gasteiger partial charge in [0.1, 0.15) is 34.6 Å². The number of aryl methyl sites for hydroxylation is 2. The number of ether oxygens (including phenoxy) is 2. The number of hydrogen-bond donors (Lipinski definition) is 0. The van der Waals surface area contributed by atoms with Gasteiger partial charge in [0.2, 0.25) is 0 Å². The molecular formula is C47H34N6O2. The quantitative estimate of drug-likeness (QED) is 0.163. The molecule has 0 N–H and O–H groups in total. The maximum Gasteiger partial charge on any atom is 0.159 e. The molecule has 0 spiro atoms. The molecule has 0 radical (unpaired) electrons. The fraction of sp³-hybridized carbons (Fsp3) is 0.0638. The number of fused-ring (bicyclic) bond motifs is 6. The standard InChI is InChI=1S/C47H34N6O2/c1-29-30(2)50-47(51-31(29)3)32-24-35(54-33-18-20-39-37-12-4-6-14-41(37)52(43(39)27-33)45-16-8-10-22-48-45)26-36(25-32)55-34-19-21-40-38-13-5-7-15-42(38)53(44(40)28-34)46-17-9-11-23-49-46/h4-28H,1-3H3. The summed E-state index contributed by atoms with van der Waals surface area (Å²) in [5.41, 5.74) is 7.85. The summed E-state index contributed by atoms with van der Waals surface area (Å²) in [4.78, 5) is 19.1. The normalized spacial score (nSPS) is 11.5. The van der Waals surface area contributed by atoms with Crippen LogP contribution in [0, 0.1) is 20.8 Å². The SMILES string of the molecule is Cc1nc(-c2cc(Oc3ccc4c5ccccc5n(-c5ccccn5)c4c3)cc(Oc3ccc4c5ccccc5n(-c5ccccn5)c4c3)c2)nc(C)c1C. The van der Waals surface area contributed by atoms with Crippen molar-refractivity contribution in [1.82, 2.24) is 29.1 Å². The Bertz CT molecular complexity index is 2880. The third-order valence-corrected chi connectivity index (χ3v) is 10.3. The van der Waals surface area contributed by atoms with Crippen molar-refractivity contribution in [3.63, 3.8) is 0 Å². The van der Waals surface area contributed by atoms with Gasteiger partial charge >= 0.3 is 0 Å². The fourth-order valence-corrected chi connectivity index (χ4v) is 7.49. The number of benzene rings is 5. The summed E-state index contributed by atoms with van der Waals surface area (Å²) in [5.74, 6) is 4.82. The molecular weight excluding hydrogens is 681 g/mol. The Balaban J connectivity index is 1.09. The van der Waals surface area contributed by atoms with E-state index in [1.165, 1.54) is 0 Å². The zero-order valence-electron chi connectivity index (χ0n) is 30.4. The maximum absolute atomic E-state index is 6.70. The molecule has 0 amide bonds. The molecule has 0 saturated carbocycles. The minimum Gasteiger partial charge on any atom is -0.457 e. The van der Waals surface area contributed by atoms with E-state index in [4.69, 9.17) is 29.4 Å². The average molecular weight is 715 g/mol. The van der Waals surface area contributed by atoms with E-state index in [2.05, 4.69) is 81.9 Å². The van der Waals surface area contributed by atoms with Crippen LogP contribution in [0.4, 0.5) is 0 Å². The summed E-state index contributed by atoms with van der Waals surface area (Å²) in [7, 11) is 0. The molecule has 5 aromatic carbocycles. The average Bonchev–Trinajstić information content (AvgIpc) is 3.72. The van der Waals surface area contributed by atoms with Crippen LogP contribution < -0.4 is 9.47 Å². The van der Waals surface area contributed by atoms with E-state index in [1.807, 2.05) is 99.9 Å². The van der Waals surface area contributed by atoms with Crippen LogP contribution in [0.25, 0.3) is 66.6 Å². The molecule has 10 aromatic rings. The number of nitrogens with zero attached hydrogens (tertiary/aromatic N) is 6. The first-order valence-electron chi connectivity index (χ1n) is 18.2. The molecule has 8 nitrogen and oxygen atoms in total. The highest BCUT2D eigenvalue weighted by Gasteiger charge is 2.17. The van der Waals surface area contributed by atoms with Gasteiger partial charge in [-0.3, -0.25) is 9.13 Å². The number of pyridine rings is 2. The summed E-state index contributed by atoms with van der Waals surface area (Å²) in [6.45, 7) is 6.07. The maximum atomic E-state index is 6.70. The highest BCUT2D eigenvalue weighted by Crippen LogP contribution is 2.39. The monoisotopic (exact) mass is 714 g/mol. The van der Waals surface area contributed by atoms with Crippen molar-refractivity contribution in [3.8, 4) is 46.0 Å². The molecule has 0 fully saturated rings. The summed E-state index contributed by atoms with van der Waals surface area (Å²) >= 11 is 0. The van der Waals surface area contributed by atoms with E-state index in [-0.39, 0.29) is 0 Å². The van der Waals surface area contributed by atoms with Crippen molar-refractivity contribution >= 4 is 43.6 Å². The number of hydrogen-bond acceptors (Lipinski definition) is 6. The van der Waals surface area contributed by atoms with Crippen molar-refractivity contribution in [2.45, 2.75) is 20.8 Å². The Hall–Kier alpha value is -7.32. The molecule has 5 aromatic heterocycles. The van der Waals surface area contributed by atoms with E-state index in [1.54, 1.807) is 0 Å². The van der Waals surface area contributed by atoms with Gasteiger partial charge in [0.25, 0.3) is 0 Å². The lowest BCUT2D eigenvalue weighted by Gasteiger charge is -2.14. The molecule has 5 heterocycles. The first kappa shape index (κ1) is 32.3. The van der Waals surface area contributed by atoms with E-state index in [9.17, 15) is 0 Å². The third kappa shape index (κ3) is 5.63. The Kier molecular flexibility index (Phi) is 7.62. The molecule has 0 bridgehead atoms. The van der Waals surface area contributed by atoms with Gasteiger partial charge in [0.05, 0.1) is 22.1 Å². The Labute approximate surface area is 316 Å². The van der Waals surface area contributed by atoms with Crippen molar-refractivity contribution in [2.75, 3.05) is 0 Å². The van der Waals surface area contributed by atoms with E-state index >= 15 is 0 Å². The van der Waals surface area contributed by atoms with Gasteiger partial charge < -0.3 is 9.47 Å². The second kappa shape index (κ2) is 13.0. The van der Waals surface area contributed by atoms with Crippen LogP contribution in [0.1, 0.15) is 17.0 Å². The third-order valence-electron chi connectivity index (χ3n) is 10.3. The summed E-state index contributed by atoms with van der Waals surface area (Å²) < 4.78 is 17.8. The fourth-order valence-electron chi connectivity index (χ4n) is 7.49. The predicted octanol–water partition coefficient (Wildman–Crippen LogP) is 11.6. The molecule has 0 aliphatic carbocycles. The second-order valence-corrected chi connectivity index (χ2v) is 13.7. The summed E-state index contributed by atoms with van der Waals surface area (Å²) in [6.07, 6.45) is 3.63. The van der Waals surface area contributed by atoms with E-state index in [0.29, 0.717) is 28.8 Å². The van der Waals surface area contributed by atoms with Gasteiger partial charge in [0, 0.05) is 69.1 Å². The largest absolute Gasteiger partial charge is 0.457 e. The first-order valence-corrected chi connectivity index (χ1v) is 18.2. The highest BCUT2D eigenvalue weighted by atomic mass is 16.5. The molecule has 55 heavy (non-hydrogen) atoms. The Morgan fingerprint density at radius 1 is 0.418 bits per heavy atom. The van der Waals surface area contributed by atoms with Crippen molar-refractivity contribution in [2.24, 2.45) is 0 Å². The molecule has 0 unspecified atom stereocenters. The van der Waals surface area contributed by atoms with Gasteiger partial charge in [-0.15, -0.1) is 0 Å². The van der Waals surface area contributed by atoms with Crippen LogP contribution >= 0.6 is 0 Å². The first-order chi connectivity index (χ1) is 27.0. The van der Waals surface area contributed by atoms with Crippen LogP contribution in [0.3, 0.4) is 0 Å². The van der Waals surface area contributed by atoms with Gasteiger partial charge in [0.15, 0.2) is 5.82 Å². The number of para-hydroxylation sites is 2. The van der Waals surface area contributed by atoms with Gasteiger partial charge in [-0.25, -0.2) is 19.9 Å². The van der Waals surface area contributed by atoms with E-state index < -0.39 is 0 Å². The summed E-state index contributed by atoms with van der Waals surface area (Å²) in [5, 5.41) is 4.52. The number of aromatic nitrogens is 6. The van der Waals surface area contributed by atoms with Crippen molar-refractivity contribution in [3.05, 3.63) is 169 Å². The number of rotatable bonds is 7. The zero-order chi connectivity index (χ0) is 37.0. The molecule has 0 aliphatic rings. The molecule has 10 rings (SSSR count). The topological polar surface area (TPSA) is 79.9 Å². The Morgan fingerprint density at radius 3 is 1.35 bits per heavy atom. The van der Waals surface area contributed by atoms with Crippen LogP contribution in [0.2, 0.25) is 0 Å². The van der Waals surface area contributed by atoms with Gasteiger partial charge in [-0.1, -0.05) is 48.5 Å². The van der Waals surface area contributed by atoms with Crippen LogP contribution in [-0.2, 0) is 0 Å². The van der Waals surface area contributed by atoms with Crippen molar-refractivity contribution < 1.29 is 9.47 Å². The van der Waals surface area contributed by atoms with Crippen LogP contribution in [0.5, 0.6) is 23.0 Å². The van der Waals surface area contributed by atoms with Gasteiger partial charge in [-0.05, 0) is 99.1 Å². The minimum atomic E-state index is 0.593. The van der Waals surface area contributed by atoms with Crippen molar-refractivity contribution in [1.29, 1.82) is 0 Å². The highest BCUT2D eigenvalue weighted by molar-refractivity contribution is 6.10. The lowest BCUT2D eigenvalue weighted by molar-refractivity contribution is 0.461. The lowest BCUT2D eigenvalue weighted by atomic mass is 10.1. The molecule has 8 heteroatoms.